The fourth-order valence-electron chi connectivity index (χ4n) is 3.81. The fraction of sp³-hybridized carbons (Fsp3) is 0. The maximum absolute atomic E-state index is 12.6. The summed E-state index contributed by atoms with van der Waals surface area (Å²) in [4.78, 5) is 12.6. The predicted molar refractivity (Wildman–Crippen MR) is 140 cm³/mol. The first-order chi connectivity index (χ1) is 16.7. The van der Waals surface area contributed by atoms with Crippen molar-refractivity contribution < 1.29 is 4.79 Å². The highest BCUT2D eigenvalue weighted by atomic mass is 35.5. The maximum atomic E-state index is 12.6. The molecular weight excluding hydrogens is 442 g/mol. The Kier molecular flexibility index (Phi) is 6.15. The van der Waals surface area contributed by atoms with Crippen molar-refractivity contribution in [3.05, 3.63) is 143 Å². The fourth-order valence-corrected chi connectivity index (χ4v) is 3.98. The van der Waals surface area contributed by atoms with E-state index in [0.717, 1.165) is 22.3 Å². The zero-order valence-electron chi connectivity index (χ0n) is 18.2. The van der Waals surface area contributed by atoms with Crippen LogP contribution in [0.3, 0.4) is 0 Å². The second-order valence-corrected chi connectivity index (χ2v) is 8.17. The number of fused-ring (bicyclic) bond motifs is 1. The summed E-state index contributed by atoms with van der Waals surface area (Å²) in [6, 6.07) is 35.3. The number of anilines is 1. The molecule has 0 aliphatic carbocycles. The SMILES string of the molecule is O=C1Nc2ccc(Cl)cc2/C1=N/N=C(/C=C(c1ccccc1)c1ccccc1)c1ccccc1. The molecule has 4 aromatic rings. The van der Waals surface area contributed by atoms with Gasteiger partial charge in [-0.25, -0.2) is 0 Å². The van der Waals surface area contributed by atoms with E-state index in [-0.39, 0.29) is 11.6 Å². The lowest BCUT2D eigenvalue weighted by Crippen LogP contribution is -2.14. The summed E-state index contributed by atoms with van der Waals surface area (Å²) in [6.45, 7) is 0. The van der Waals surface area contributed by atoms with Gasteiger partial charge in [0.05, 0.1) is 11.4 Å². The summed E-state index contributed by atoms with van der Waals surface area (Å²) in [7, 11) is 0. The van der Waals surface area contributed by atoms with Gasteiger partial charge in [0.25, 0.3) is 5.91 Å². The van der Waals surface area contributed by atoms with Crippen LogP contribution in [0.1, 0.15) is 22.3 Å². The van der Waals surface area contributed by atoms with Crippen LogP contribution >= 0.6 is 11.6 Å². The molecule has 4 nitrogen and oxygen atoms in total. The molecule has 1 heterocycles. The van der Waals surface area contributed by atoms with Crippen LogP contribution in [0.2, 0.25) is 5.02 Å². The van der Waals surface area contributed by atoms with Gasteiger partial charge in [-0.1, -0.05) is 103 Å². The number of rotatable bonds is 5. The molecule has 0 spiro atoms. The molecule has 1 aliphatic rings. The van der Waals surface area contributed by atoms with E-state index in [0.29, 0.717) is 22.0 Å². The van der Waals surface area contributed by atoms with E-state index in [4.69, 9.17) is 11.6 Å². The molecule has 1 amide bonds. The minimum Gasteiger partial charge on any atom is -0.320 e. The highest BCUT2D eigenvalue weighted by Gasteiger charge is 2.26. The molecule has 0 aromatic heterocycles. The summed E-state index contributed by atoms with van der Waals surface area (Å²) in [6.07, 6.45) is 2.01. The minimum absolute atomic E-state index is 0.236. The predicted octanol–water partition coefficient (Wildman–Crippen LogP) is 6.62. The van der Waals surface area contributed by atoms with E-state index in [9.17, 15) is 4.79 Å². The summed E-state index contributed by atoms with van der Waals surface area (Å²) >= 11 is 6.16. The quantitative estimate of drug-likeness (QED) is 0.263. The number of hydrogen-bond donors (Lipinski definition) is 1. The second-order valence-electron chi connectivity index (χ2n) is 7.73. The van der Waals surface area contributed by atoms with Crippen molar-refractivity contribution in [3.63, 3.8) is 0 Å². The van der Waals surface area contributed by atoms with Crippen molar-refractivity contribution in [2.24, 2.45) is 10.2 Å². The highest BCUT2D eigenvalue weighted by molar-refractivity contribution is 6.54. The van der Waals surface area contributed by atoms with Crippen molar-refractivity contribution in [3.8, 4) is 0 Å². The molecule has 34 heavy (non-hydrogen) atoms. The maximum Gasteiger partial charge on any atom is 0.276 e. The number of carbonyl (C=O) groups excluding carboxylic acids is 1. The van der Waals surface area contributed by atoms with E-state index in [1.54, 1.807) is 18.2 Å². The Labute approximate surface area is 203 Å². The Balaban J connectivity index is 1.68. The molecular formula is C29H20ClN3O. The largest absolute Gasteiger partial charge is 0.320 e. The van der Waals surface area contributed by atoms with Gasteiger partial charge in [0.1, 0.15) is 0 Å². The topological polar surface area (TPSA) is 53.8 Å². The van der Waals surface area contributed by atoms with Gasteiger partial charge in [-0.05, 0) is 41.0 Å². The van der Waals surface area contributed by atoms with Crippen LogP contribution in [-0.4, -0.2) is 17.3 Å². The minimum atomic E-state index is -0.302. The van der Waals surface area contributed by atoms with Gasteiger partial charge >= 0.3 is 0 Å². The third-order valence-corrected chi connectivity index (χ3v) is 5.71. The molecule has 164 valence electrons. The Morgan fingerprint density at radius 2 is 1.29 bits per heavy atom. The average molecular weight is 462 g/mol. The summed E-state index contributed by atoms with van der Waals surface area (Å²) in [5, 5.41) is 12.3. The van der Waals surface area contributed by atoms with Crippen LogP contribution in [0.5, 0.6) is 0 Å². The molecule has 0 saturated carbocycles. The highest BCUT2D eigenvalue weighted by Crippen LogP contribution is 2.27. The number of nitrogens with zero attached hydrogens (tertiary/aromatic N) is 2. The van der Waals surface area contributed by atoms with Gasteiger partial charge < -0.3 is 5.32 Å². The van der Waals surface area contributed by atoms with Crippen LogP contribution < -0.4 is 5.32 Å². The molecule has 1 aliphatic heterocycles. The van der Waals surface area contributed by atoms with Crippen LogP contribution in [-0.2, 0) is 4.79 Å². The van der Waals surface area contributed by atoms with Crippen molar-refractivity contribution in [1.82, 2.24) is 0 Å². The molecule has 1 N–H and O–H groups in total. The Bertz CT molecular complexity index is 1380. The Hall–Kier alpha value is -4.28. The summed E-state index contributed by atoms with van der Waals surface area (Å²) in [5.41, 5.74) is 6.20. The monoisotopic (exact) mass is 461 g/mol. The van der Waals surface area contributed by atoms with Gasteiger partial charge in [-0.15, -0.1) is 10.2 Å². The van der Waals surface area contributed by atoms with E-state index in [2.05, 4.69) is 39.8 Å². The molecule has 0 saturated heterocycles. The standard InChI is InChI=1S/C29H20ClN3O/c30-23-16-17-26-25(18-23)28(29(34)31-26)33-32-27(22-14-8-3-9-15-22)19-24(20-10-4-1-5-11-20)21-12-6-2-7-13-21/h1-19H,(H,31,33,34)/b32-27-. The molecule has 0 unspecified atom stereocenters. The van der Waals surface area contributed by atoms with Gasteiger partial charge in [-0.3, -0.25) is 4.79 Å². The molecule has 0 atom stereocenters. The molecule has 5 rings (SSSR count). The number of hydrogen-bond acceptors (Lipinski definition) is 3. The van der Waals surface area contributed by atoms with Crippen molar-refractivity contribution >= 4 is 40.2 Å². The molecule has 0 fully saturated rings. The van der Waals surface area contributed by atoms with E-state index in [1.807, 2.05) is 72.8 Å². The van der Waals surface area contributed by atoms with Gasteiger partial charge in [0, 0.05) is 16.1 Å². The second kappa shape index (κ2) is 9.69. The lowest BCUT2D eigenvalue weighted by Gasteiger charge is -2.10. The van der Waals surface area contributed by atoms with Crippen LogP contribution in [0.25, 0.3) is 5.57 Å². The lowest BCUT2D eigenvalue weighted by molar-refractivity contribution is -0.110. The van der Waals surface area contributed by atoms with Gasteiger partial charge in [0.2, 0.25) is 0 Å². The number of amides is 1. The number of halogens is 1. The number of carbonyl (C=O) groups is 1. The first-order valence-electron chi connectivity index (χ1n) is 10.8. The smallest absolute Gasteiger partial charge is 0.276 e. The zero-order valence-corrected chi connectivity index (χ0v) is 18.9. The van der Waals surface area contributed by atoms with Crippen molar-refractivity contribution in [2.75, 3.05) is 5.32 Å². The number of nitrogens with one attached hydrogen (secondary N) is 1. The van der Waals surface area contributed by atoms with Crippen molar-refractivity contribution in [2.45, 2.75) is 0 Å². The van der Waals surface area contributed by atoms with Gasteiger partial charge in [-0.2, -0.15) is 0 Å². The van der Waals surface area contributed by atoms with E-state index >= 15 is 0 Å². The first kappa shape index (κ1) is 21.6. The summed E-state index contributed by atoms with van der Waals surface area (Å²) < 4.78 is 0. The Morgan fingerprint density at radius 1 is 0.735 bits per heavy atom. The van der Waals surface area contributed by atoms with E-state index < -0.39 is 0 Å². The third kappa shape index (κ3) is 4.58. The molecule has 4 aromatic carbocycles. The normalized spacial score (nSPS) is 14.0. The third-order valence-electron chi connectivity index (χ3n) is 5.48. The zero-order chi connectivity index (χ0) is 23.3. The van der Waals surface area contributed by atoms with Crippen LogP contribution in [0.4, 0.5) is 5.69 Å². The number of benzene rings is 4. The summed E-state index contributed by atoms with van der Waals surface area (Å²) in [5.74, 6) is -0.302. The van der Waals surface area contributed by atoms with Crippen LogP contribution in [0, 0.1) is 0 Å². The molecule has 0 bridgehead atoms. The first-order valence-corrected chi connectivity index (χ1v) is 11.2. The average Bonchev–Trinajstić information content (AvgIpc) is 3.20. The molecule has 0 radical (unpaired) electrons. The molecule has 5 heteroatoms. The lowest BCUT2D eigenvalue weighted by atomic mass is 9.95. The van der Waals surface area contributed by atoms with Gasteiger partial charge in [0.15, 0.2) is 5.71 Å². The van der Waals surface area contributed by atoms with E-state index in [1.165, 1.54) is 0 Å². The van der Waals surface area contributed by atoms with Crippen molar-refractivity contribution in [1.29, 1.82) is 0 Å². The van der Waals surface area contributed by atoms with Crippen LogP contribution in [0.15, 0.2) is 125 Å². The Morgan fingerprint density at radius 3 is 1.88 bits per heavy atom. The number of allylic oxidation sites excluding steroid dienone is 1.